The molecule has 2 aromatic rings. The number of carbonyl (C=O) groups excluding carboxylic acids is 3. The van der Waals surface area contributed by atoms with E-state index in [1.807, 2.05) is 0 Å². The van der Waals surface area contributed by atoms with Gasteiger partial charge in [0.05, 0.1) is 17.0 Å². The second-order valence-electron chi connectivity index (χ2n) is 8.61. The molecule has 0 unspecified atom stereocenters. The highest BCUT2D eigenvalue weighted by atomic mass is 19.1. The maximum absolute atomic E-state index is 14.5. The van der Waals surface area contributed by atoms with Crippen LogP contribution < -0.4 is 5.32 Å². The number of carbonyl (C=O) groups is 3. The molecule has 2 amide bonds. The average molecular weight is 434 g/mol. The molecule has 1 N–H and O–H groups in total. The Morgan fingerprint density at radius 2 is 1.91 bits per heavy atom. The quantitative estimate of drug-likeness (QED) is 0.731. The van der Waals surface area contributed by atoms with Gasteiger partial charge in [0, 0.05) is 25.2 Å². The number of fused-ring (bicyclic) bond motifs is 1. The Hall–Kier alpha value is -3.48. The number of esters is 1. The Labute approximate surface area is 185 Å². The molecular formula is C25H23FN2O4. The zero-order valence-corrected chi connectivity index (χ0v) is 17.5. The van der Waals surface area contributed by atoms with E-state index in [0.717, 1.165) is 12.8 Å². The number of hydrogen-bond donors (Lipinski definition) is 1. The van der Waals surface area contributed by atoms with Crippen molar-refractivity contribution in [2.24, 2.45) is 11.8 Å². The molecule has 1 saturated heterocycles. The molecule has 0 radical (unpaired) electrons. The van der Waals surface area contributed by atoms with E-state index >= 15 is 0 Å². The summed E-state index contributed by atoms with van der Waals surface area (Å²) in [6.07, 6.45) is 4.51. The van der Waals surface area contributed by atoms with E-state index in [1.165, 1.54) is 23.1 Å². The van der Waals surface area contributed by atoms with Crippen LogP contribution in [0.5, 0.6) is 0 Å². The molecular weight excluding hydrogens is 411 g/mol. The molecule has 164 valence electrons. The van der Waals surface area contributed by atoms with Gasteiger partial charge in [0.25, 0.3) is 5.91 Å². The largest absolute Gasteiger partial charge is 0.422 e. The van der Waals surface area contributed by atoms with E-state index in [4.69, 9.17) is 4.74 Å². The minimum Gasteiger partial charge on any atom is -0.422 e. The average Bonchev–Trinajstić information content (AvgIpc) is 3.40. The molecule has 1 saturated carbocycles. The monoisotopic (exact) mass is 434 g/mol. The van der Waals surface area contributed by atoms with Gasteiger partial charge in [-0.05, 0) is 55.0 Å². The SMILES string of the molecule is O=C1O/C(=C\c2ccc(F)c(C(=O)N3CC[C@@H](C(=O)NCC4CC4)C3)c2)c2ccccc21. The van der Waals surface area contributed by atoms with E-state index in [9.17, 15) is 18.8 Å². The second kappa shape index (κ2) is 8.22. The van der Waals surface area contributed by atoms with E-state index < -0.39 is 17.7 Å². The van der Waals surface area contributed by atoms with Crippen molar-refractivity contribution >= 4 is 29.6 Å². The van der Waals surface area contributed by atoms with Gasteiger partial charge in [-0.3, -0.25) is 9.59 Å². The molecule has 2 heterocycles. The van der Waals surface area contributed by atoms with Crippen LogP contribution in [0, 0.1) is 17.7 Å². The van der Waals surface area contributed by atoms with Gasteiger partial charge in [-0.25, -0.2) is 9.18 Å². The summed E-state index contributed by atoms with van der Waals surface area (Å²) < 4.78 is 19.9. The molecule has 6 nitrogen and oxygen atoms in total. The number of hydrogen-bond acceptors (Lipinski definition) is 4. The van der Waals surface area contributed by atoms with Gasteiger partial charge in [-0.1, -0.05) is 24.3 Å². The lowest BCUT2D eigenvalue weighted by atomic mass is 10.0. The number of ether oxygens (including phenoxy) is 1. The standard InChI is InChI=1S/C25H23FN2O4/c26-21-8-7-16(12-22-18-3-1-2-4-19(18)25(31)32-22)11-20(21)24(30)28-10-9-17(14-28)23(29)27-13-15-5-6-15/h1-4,7-8,11-12,15,17H,5-6,9-10,13-14H2,(H,27,29)/b22-12-/t17-/m1/s1. The number of nitrogens with zero attached hydrogens (tertiary/aromatic N) is 1. The minimum atomic E-state index is -0.623. The fraction of sp³-hybridized carbons (Fsp3) is 0.320. The van der Waals surface area contributed by atoms with Crippen molar-refractivity contribution in [2.75, 3.05) is 19.6 Å². The van der Waals surface area contributed by atoms with Crippen LogP contribution in [0.4, 0.5) is 4.39 Å². The third-order valence-corrected chi connectivity index (χ3v) is 6.24. The van der Waals surface area contributed by atoms with E-state index in [-0.39, 0.29) is 23.9 Å². The molecule has 5 rings (SSSR count). The summed E-state index contributed by atoms with van der Waals surface area (Å²) in [4.78, 5) is 38.9. The van der Waals surface area contributed by atoms with Gasteiger partial charge in [-0.15, -0.1) is 0 Å². The van der Waals surface area contributed by atoms with Crippen LogP contribution in [0.3, 0.4) is 0 Å². The van der Waals surface area contributed by atoms with Crippen LogP contribution in [0.25, 0.3) is 11.8 Å². The van der Waals surface area contributed by atoms with Crippen molar-refractivity contribution in [1.82, 2.24) is 10.2 Å². The van der Waals surface area contributed by atoms with E-state index in [2.05, 4.69) is 5.32 Å². The third kappa shape index (κ3) is 4.02. The molecule has 32 heavy (non-hydrogen) atoms. The van der Waals surface area contributed by atoms with Crippen LogP contribution in [-0.2, 0) is 9.53 Å². The van der Waals surface area contributed by atoms with Gasteiger partial charge in [0.15, 0.2) is 0 Å². The number of nitrogens with one attached hydrogen (secondary N) is 1. The van der Waals surface area contributed by atoms with Crippen LogP contribution in [0.1, 0.15) is 51.1 Å². The Balaban J connectivity index is 1.31. The van der Waals surface area contributed by atoms with Crippen LogP contribution >= 0.6 is 0 Å². The number of halogens is 1. The normalized spacial score (nSPS) is 20.9. The van der Waals surface area contributed by atoms with Crippen LogP contribution in [0.2, 0.25) is 0 Å². The van der Waals surface area contributed by atoms with Crippen molar-refractivity contribution < 1.29 is 23.5 Å². The summed E-state index contributed by atoms with van der Waals surface area (Å²) in [6.45, 7) is 1.39. The summed E-state index contributed by atoms with van der Waals surface area (Å²) >= 11 is 0. The van der Waals surface area contributed by atoms with Crippen molar-refractivity contribution in [3.8, 4) is 0 Å². The Morgan fingerprint density at radius 3 is 2.69 bits per heavy atom. The van der Waals surface area contributed by atoms with Crippen molar-refractivity contribution in [3.63, 3.8) is 0 Å². The first-order chi connectivity index (χ1) is 15.5. The molecule has 7 heteroatoms. The van der Waals surface area contributed by atoms with Crippen molar-refractivity contribution in [1.29, 1.82) is 0 Å². The zero-order chi connectivity index (χ0) is 22.2. The summed E-state index contributed by atoms with van der Waals surface area (Å²) in [6, 6.07) is 11.2. The lowest BCUT2D eigenvalue weighted by molar-refractivity contribution is -0.124. The first-order valence-electron chi connectivity index (χ1n) is 10.9. The molecule has 2 aromatic carbocycles. The predicted octanol–water partition coefficient (Wildman–Crippen LogP) is 3.48. The molecule has 2 fully saturated rings. The first kappa shape index (κ1) is 20.4. The fourth-order valence-electron chi connectivity index (χ4n) is 4.18. The second-order valence-corrected chi connectivity index (χ2v) is 8.61. The molecule has 2 aliphatic heterocycles. The van der Waals surface area contributed by atoms with E-state index in [0.29, 0.717) is 47.9 Å². The maximum atomic E-state index is 14.5. The highest BCUT2D eigenvalue weighted by Gasteiger charge is 2.33. The van der Waals surface area contributed by atoms with Crippen molar-refractivity contribution in [3.05, 3.63) is 70.5 Å². The highest BCUT2D eigenvalue weighted by Crippen LogP contribution is 2.32. The number of rotatable bonds is 5. The summed E-state index contributed by atoms with van der Waals surface area (Å²) in [7, 11) is 0. The summed E-state index contributed by atoms with van der Waals surface area (Å²) in [5, 5.41) is 2.96. The maximum Gasteiger partial charge on any atom is 0.344 e. The number of cyclic esters (lactones) is 1. The highest BCUT2D eigenvalue weighted by molar-refractivity contribution is 6.06. The molecule has 1 atom stereocenters. The molecule has 0 bridgehead atoms. The number of amides is 2. The fourth-order valence-corrected chi connectivity index (χ4v) is 4.18. The molecule has 0 aromatic heterocycles. The summed E-state index contributed by atoms with van der Waals surface area (Å²) in [5.74, 6) is -0.840. The smallest absolute Gasteiger partial charge is 0.344 e. The van der Waals surface area contributed by atoms with Gasteiger partial charge in [0.1, 0.15) is 11.6 Å². The van der Waals surface area contributed by atoms with Crippen molar-refractivity contribution in [2.45, 2.75) is 19.3 Å². The van der Waals surface area contributed by atoms with Gasteiger partial charge in [0.2, 0.25) is 5.91 Å². The lowest BCUT2D eigenvalue weighted by Crippen LogP contribution is -2.35. The van der Waals surface area contributed by atoms with Gasteiger partial charge in [-0.2, -0.15) is 0 Å². The first-order valence-corrected chi connectivity index (χ1v) is 10.9. The topological polar surface area (TPSA) is 75.7 Å². The van der Waals surface area contributed by atoms with E-state index in [1.54, 1.807) is 30.3 Å². The Bertz CT molecular complexity index is 1140. The lowest BCUT2D eigenvalue weighted by Gasteiger charge is -2.17. The molecule has 1 aliphatic carbocycles. The Kier molecular flexibility index (Phi) is 5.25. The number of likely N-dealkylation sites (tertiary alicyclic amines) is 1. The van der Waals surface area contributed by atoms with Crippen LogP contribution in [-0.4, -0.2) is 42.3 Å². The third-order valence-electron chi connectivity index (χ3n) is 6.24. The minimum absolute atomic E-state index is 0.0344. The zero-order valence-electron chi connectivity index (χ0n) is 17.5. The molecule has 0 spiro atoms. The van der Waals surface area contributed by atoms with Gasteiger partial charge >= 0.3 is 5.97 Å². The Morgan fingerprint density at radius 1 is 1.12 bits per heavy atom. The molecule has 3 aliphatic rings. The summed E-state index contributed by atoms with van der Waals surface area (Å²) in [5.41, 5.74) is 1.62. The number of benzene rings is 2. The van der Waals surface area contributed by atoms with Gasteiger partial charge < -0.3 is 15.0 Å². The predicted molar refractivity (Wildman–Crippen MR) is 116 cm³/mol. The van der Waals surface area contributed by atoms with Crippen LogP contribution in [0.15, 0.2) is 42.5 Å².